The Balaban J connectivity index is 1.55. The van der Waals surface area contributed by atoms with Crippen molar-refractivity contribution in [3.8, 4) is 0 Å². The Labute approximate surface area is 151 Å². The highest BCUT2D eigenvalue weighted by Gasteiger charge is 2.15. The van der Waals surface area contributed by atoms with Gasteiger partial charge in [0.25, 0.3) is 5.91 Å². The van der Waals surface area contributed by atoms with Crippen LogP contribution in [0.2, 0.25) is 0 Å². The average Bonchev–Trinajstić information content (AvgIpc) is 3.09. The van der Waals surface area contributed by atoms with Gasteiger partial charge in [-0.15, -0.1) is 10.2 Å². The first kappa shape index (κ1) is 17.8. The van der Waals surface area contributed by atoms with Gasteiger partial charge in [-0.3, -0.25) is 4.79 Å². The summed E-state index contributed by atoms with van der Waals surface area (Å²) in [6.45, 7) is 0.501. The van der Waals surface area contributed by atoms with Gasteiger partial charge in [0.2, 0.25) is 0 Å². The van der Waals surface area contributed by atoms with Gasteiger partial charge in [-0.2, -0.15) is 4.80 Å². The Morgan fingerprint density at radius 3 is 2.46 bits per heavy atom. The fourth-order valence-electron chi connectivity index (χ4n) is 2.64. The maximum atomic E-state index is 12.3. The maximum Gasteiger partial charge on any atom is 0.254 e. The molecule has 0 saturated heterocycles. The summed E-state index contributed by atoms with van der Waals surface area (Å²) in [7, 11) is 1.69. The summed E-state index contributed by atoms with van der Waals surface area (Å²) in [6.07, 6.45) is -0.0902. The molecule has 1 N–H and O–H groups in total. The quantitative estimate of drug-likeness (QED) is 0.698. The monoisotopic (exact) mass is 351 g/mol. The summed E-state index contributed by atoms with van der Waals surface area (Å²) < 4.78 is 0. The number of carbonyl (C=O) groups excluding carboxylic acids is 1. The summed E-state index contributed by atoms with van der Waals surface area (Å²) in [5.41, 5.74) is 1.66. The first-order valence-electron chi connectivity index (χ1n) is 8.41. The first-order chi connectivity index (χ1) is 12.6. The molecule has 26 heavy (non-hydrogen) atoms. The van der Waals surface area contributed by atoms with Crippen LogP contribution in [-0.4, -0.2) is 49.3 Å². The van der Waals surface area contributed by atoms with Crippen molar-refractivity contribution in [2.75, 3.05) is 7.05 Å². The van der Waals surface area contributed by atoms with Crippen molar-refractivity contribution in [3.63, 3.8) is 0 Å². The number of tetrazole rings is 1. The van der Waals surface area contributed by atoms with Crippen LogP contribution in [0.1, 0.15) is 21.7 Å². The van der Waals surface area contributed by atoms with E-state index in [9.17, 15) is 9.90 Å². The van der Waals surface area contributed by atoms with Crippen LogP contribution in [0.15, 0.2) is 60.7 Å². The zero-order chi connectivity index (χ0) is 18.4. The second-order valence-corrected chi connectivity index (χ2v) is 6.13. The number of hydrogen-bond acceptors (Lipinski definition) is 5. The zero-order valence-corrected chi connectivity index (χ0v) is 14.6. The van der Waals surface area contributed by atoms with Crippen molar-refractivity contribution < 1.29 is 9.90 Å². The van der Waals surface area contributed by atoms with Crippen LogP contribution in [0.5, 0.6) is 0 Å². The topological polar surface area (TPSA) is 84.1 Å². The first-order valence-corrected chi connectivity index (χ1v) is 8.41. The van der Waals surface area contributed by atoms with Gasteiger partial charge >= 0.3 is 0 Å². The lowest BCUT2D eigenvalue weighted by Gasteiger charge is -2.14. The van der Waals surface area contributed by atoms with Gasteiger partial charge in [0.15, 0.2) is 5.82 Å². The molecule has 1 aromatic heterocycles. The maximum absolute atomic E-state index is 12.3. The van der Waals surface area contributed by atoms with Crippen molar-refractivity contribution in [2.24, 2.45) is 0 Å². The van der Waals surface area contributed by atoms with Crippen molar-refractivity contribution in [2.45, 2.75) is 25.6 Å². The normalized spacial score (nSPS) is 11.9. The lowest BCUT2D eigenvalue weighted by molar-refractivity contribution is 0.0781. The van der Waals surface area contributed by atoms with Crippen molar-refractivity contribution in [3.05, 3.63) is 77.6 Å². The van der Waals surface area contributed by atoms with Crippen LogP contribution < -0.4 is 0 Å². The molecule has 0 spiro atoms. The highest BCUT2D eigenvalue weighted by atomic mass is 16.3. The molecule has 0 aliphatic carbocycles. The van der Waals surface area contributed by atoms with E-state index in [0.29, 0.717) is 17.8 Å². The second-order valence-electron chi connectivity index (χ2n) is 6.13. The van der Waals surface area contributed by atoms with E-state index in [4.69, 9.17) is 0 Å². The van der Waals surface area contributed by atoms with Crippen LogP contribution in [-0.2, 0) is 19.5 Å². The van der Waals surface area contributed by atoms with E-state index in [2.05, 4.69) is 15.4 Å². The third-order valence-corrected chi connectivity index (χ3v) is 3.93. The van der Waals surface area contributed by atoms with Crippen LogP contribution in [0, 0.1) is 0 Å². The van der Waals surface area contributed by atoms with E-state index in [1.54, 1.807) is 19.2 Å². The Morgan fingerprint density at radius 2 is 1.77 bits per heavy atom. The van der Waals surface area contributed by atoms with Gasteiger partial charge in [0, 0.05) is 19.0 Å². The summed E-state index contributed by atoms with van der Waals surface area (Å²) >= 11 is 0. The standard InChI is InChI=1S/C19H21N5O2/c1-23(19(26)16-10-6-3-7-11-16)14-18-20-22-24(21-18)13-17(25)12-15-8-4-2-5-9-15/h2-11,17,25H,12-14H2,1H3. The zero-order valence-electron chi connectivity index (χ0n) is 14.6. The van der Waals surface area contributed by atoms with Crippen molar-refractivity contribution in [1.29, 1.82) is 0 Å². The van der Waals surface area contributed by atoms with E-state index in [-0.39, 0.29) is 19.0 Å². The average molecular weight is 351 g/mol. The lowest BCUT2D eigenvalue weighted by Crippen LogP contribution is -2.27. The molecule has 1 amide bonds. The molecule has 1 atom stereocenters. The van der Waals surface area contributed by atoms with Gasteiger partial charge in [-0.1, -0.05) is 48.5 Å². The number of nitrogens with zero attached hydrogens (tertiary/aromatic N) is 5. The molecule has 0 aliphatic rings. The fourth-order valence-corrected chi connectivity index (χ4v) is 2.64. The molecule has 0 aliphatic heterocycles. The summed E-state index contributed by atoms with van der Waals surface area (Å²) in [5, 5.41) is 22.4. The van der Waals surface area contributed by atoms with Gasteiger partial charge in [0.1, 0.15) is 0 Å². The molecule has 0 bridgehead atoms. The highest BCUT2D eigenvalue weighted by molar-refractivity contribution is 5.93. The minimum atomic E-state index is -0.608. The number of aromatic nitrogens is 4. The molecular formula is C19H21N5O2. The highest BCUT2D eigenvalue weighted by Crippen LogP contribution is 2.06. The van der Waals surface area contributed by atoms with Crippen LogP contribution in [0.25, 0.3) is 0 Å². The number of amides is 1. The minimum absolute atomic E-state index is 0.105. The van der Waals surface area contributed by atoms with Crippen molar-refractivity contribution in [1.82, 2.24) is 25.1 Å². The SMILES string of the molecule is CN(Cc1nnn(CC(O)Cc2ccccc2)n1)C(=O)c1ccccc1. The fraction of sp³-hybridized carbons (Fsp3) is 0.263. The van der Waals surface area contributed by atoms with Gasteiger partial charge in [0.05, 0.1) is 19.2 Å². The molecule has 0 fully saturated rings. The van der Waals surface area contributed by atoms with Gasteiger partial charge in [-0.25, -0.2) is 0 Å². The number of aliphatic hydroxyl groups is 1. The Morgan fingerprint density at radius 1 is 1.12 bits per heavy atom. The number of benzene rings is 2. The number of aliphatic hydroxyl groups excluding tert-OH is 1. The van der Waals surface area contributed by atoms with E-state index in [1.165, 1.54) is 9.70 Å². The third kappa shape index (κ3) is 4.73. The van der Waals surface area contributed by atoms with E-state index in [1.807, 2.05) is 48.5 Å². The predicted octanol–water partition coefficient (Wildman–Crippen LogP) is 1.55. The largest absolute Gasteiger partial charge is 0.391 e. The Bertz CT molecular complexity index is 835. The van der Waals surface area contributed by atoms with E-state index >= 15 is 0 Å². The number of rotatable bonds is 7. The summed E-state index contributed by atoms with van der Waals surface area (Å²) in [4.78, 5) is 15.2. The smallest absolute Gasteiger partial charge is 0.254 e. The molecule has 134 valence electrons. The molecule has 0 saturated carbocycles. The Hall–Kier alpha value is -3.06. The van der Waals surface area contributed by atoms with E-state index < -0.39 is 6.10 Å². The van der Waals surface area contributed by atoms with Gasteiger partial charge in [-0.05, 0) is 22.9 Å². The molecule has 7 nitrogen and oxygen atoms in total. The lowest BCUT2D eigenvalue weighted by atomic mass is 10.1. The summed E-state index contributed by atoms with van der Waals surface area (Å²) in [6, 6.07) is 18.8. The van der Waals surface area contributed by atoms with Crippen LogP contribution in [0.3, 0.4) is 0 Å². The molecule has 3 rings (SSSR count). The molecular weight excluding hydrogens is 330 g/mol. The van der Waals surface area contributed by atoms with Crippen LogP contribution >= 0.6 is 0 Å². The number of hydrogen-bond donors (Lipinski definition) is 1. The molecule has 1 heterocycles. The second kappa shape index (κ2) is 8.35. The minimum Gasteiger partial charge on any atom is -0.391 e. The Kier molecular flexibility index (Phi) is 5.70. The predicted molar refractivity (Wildman–Crippen MR) is 96.2 cm³/mol. The molecule has 0 radical (unpaired) electrons. The molecule has 2 aromatic carbocycles. The molecule has 3 aromatic rings. The van der Waals surface area contributed by atoms with Crippen LogP contribution in [0.4, 0.5) is 0 Å². The summed E-state index contributed by atoms with van der Waals surface area (Å²) in [5.74, 6) is 0.328. The van der Waals surface area contributed by atoms with Gasteiger partial charge < -0.3 is 10.0 Å². The van der Waals surface area contributed by atoms with Crippen molar-refractivity contribution >= 4 is 5.91 Å². The molecule has 7 heteroatoms. The molecule has 1 unspecified atom stereocenters. The number of carbonyl (C=O) groups is 1. The third-order valence-electron chi connectivity index (χ3n) is 3.93. The van der Waals surface area contributed by atoms with E-state index in [0.717, 1.165) is 5.56 Å².